The van der Waals surface area contributed by atoms with E-state index in [2.05, 4.69) is 0 Å². The Balaban J connectivity index is 1.94. The maximum Gasteiger partial charge on any atom is 0.170 e. The molecular weight excluding hydrogens is 224 g/mol. The molecule has 1 aliphatic carbocycles. The van der Waals surface area contributed by atoms with Crippen molar-refractivity contribution in [1.82, 2.24) is 0 Å². The van der Waals surface area contributed by atoms with Gasteiger partial charge in [0, 0.05) is 11.5 Å². The van der Waals surface area contributed by atoms with Gasteiger partial charge < -0.3 is 0 Å². The van der Waals surface area contributed by atoms with Crippen LogP contribution in [0.1, 0.15) is 54.4 Å². The van der Waals surface area contributed by atoms with E-state index in [1.54, 1.807) is 0 Å². The standard InChI is InChI=1S/C16H20O2/c1-12-7-9-14(10-8-12)16(18)11-15(17)13-5-3-2-4-6-13/h7-10,13H,2-6,11H2,1H3. The van der Waals surface area contributed by atoms with E-state index in [0.29, 0.717) is 5.56 Å². The first kappa shape index (κ1) is 13.0. The van der Waals surface area contributed by atoms with Crippen LogP contribution >= 0.6 is 0 Å². The van der Waals surface area contributed by atoms with Crippen LogP contribution in [0, 0.1) is 12.8 Å². The van der Waals surface area contributed by atoms with Crippen molar-refractivity contribution in [3.63, 3.8) is 0 Å². The molecule has 0 spiro atoms. The van der Waals surface area contributed by atoms with Gasteiger partial charge in [-0.25, -0.2) is 0 Å². The summed E-state index contributed by atoms with van der Waals surface area (Å²) in [6.07, 6.45) is 5.52. The Morgan fingerprint density at radius 2 is 1.67 bits per heavy atom. The van der Waals surface area contributed by atoms with Crippen LogP contribution in [-0.4, -0.2) is 11.6 Å². The number of hydrogen-bond acceptors (Lipinski definition) is 2. The number of hydrogen-bond donors (Lipinski definition) is 0. The predicted octanol–water partition coefficient (Wildman–Crippen LogP) is 3.72. The van der Waals surface area contributed by atoms with Gasteiger partial charge in [-0.15, -0.1) is 0 Å². The van der Waals surface area contributed by atoms with Crippen LogP contribution in [0.25, 0.3) is 0 Å². The van der Waals surface area contributed by atoms with E-state index in [0.717, 1.165) is 31.2 Å². The Morgan fingerprint density at radius 3 is 2.28 bits per heavy atom. The molecule has 18 heavy (non-hydrogen) atoms. The highest BCUT2D eigenvalue weighted by atomic mass is 16.1. The molecule has 1 aromatic rings. The summed E-state index contributed by atoms with van der Waals surface area (Å²) in [5.41, 5.74) is 1.79. The van der Waals surface area contributed by atoms with E-state index in [-0.39, 0.29) is 23.9 Å². The predicted molar refractivity (Wildman–Crippen MR) is 71.7 cm³/mol. The maximum atomic E-state index is 12.0. The highest BCUT2D eigenvalue weighted by Crippen LogP contribution is 2.25. The SMILES string of the molecule is Cc1ccc(C(=O)CC(=O)C2CCCCC2)cc1. The summed E-state index contributed by atoms with van der Waals surface area (Å²) in [5.74, 6) is 0.235. The lowest BCUT2D eigenvalue weighted by Gasteiger charge is -2.19. The van der Waals surface area contributed by atoms with E-state index in [1.165, 1.54) is 6.42 Å². The zero-order valence-corrected chi connectivity index (χ0v) is 10.9. The molecule has 1 aliphatic rings. The minimum Gasteiger partial charge on any atom is -0.299 e. The maximum absolute atomic E-state index is 12.0. The van der Waals surface area contributed by atoms with Crippen molar-refractivity contribution in [3.8, 4) is 0 Å². The van der Waals surface area contributed by atoms with Crippen molar-refractivity contribution in [3.05, 3.63) is 35.4 Å². The lowest BCUT2D eigenvalue weighted by atomic mass is 9.84. The largest absolute Gasteiger partial charge is 0.299 e. The molecule has 0 N–H and O–H groups in total. The molecule has 2 heteroatoms. The molecule has 0 saturated heterocycles. The normalized spacial score (nSPS) is 16.5. The van der Waals surface area contributed by atoms with Gasteiger partial charge in [0.15, 0.2) is 5.78 Å². The van der Waals surface area contributed by atoms with Crippen LogP contribution in [0.3, 0.4) is 0 Å². The molecule has 0 bridgehead atoms. The molecule has 2 nitrogen and oxygen atoms in total. The summed E-state index contributed by atoms with van der Waals surface area (Å²) in [6, 6.07) is 7.45. The smallest absolute Gasteiger partial charge is 0.170 e. The second-order valence-corrected chi connectivity index (χ2v) is 5.27. The van der Waals surface area contributed by atoms with Gasteiger partial charge in [0.2, 0.25) is 0 Å². The Morgan fingerprint density at radius 1 is 1.06 bits per heavy atom. The van der Waals surface area contributed by atoms with E-state index in [1.807, 2.05) is 31.2 Å². The van der Waals surface area contributed by atoms with Crippen LogP contribution in [0.4, 0.5) is 0 Å². The average Bonchev–Trinajstić information content (AvgIpc) is 2.40. The molecule has 0 atom stereocenters. The molecule has 0 aromatic heterocycles. The summed E-state index contributed by atoms with van der Waals surface area (Å²) < 4.78 is 0. The Kier molecular flexibility index (Phi) is 4.29. The third-order valence-electron chi connectivity index (χ3n) is 3.77. The number of ketones is 2. The number of Topliss-reactive ketones (excluding diaryl/α,β-unsaturated/α-hetero) is 2. The minimum absolute atomic E-state index is 0.0365. The Bertz CT molecular complexity index is 425. The summed E-state index contributed by atoms with van der Waals surface area (Å²) in [4.78, 5) is 24.0. The first-order valence-electron chi connectivity index (χ1n) is 6.79. The van der Waals surface area contributed by atoms with Crippen LogP contribution in [0.2, 0.25) is 0 Å². The average molecular weight is 244 g/mol. The fraction of sp³-hybridized carbons (Fsp3) is 0.500. The molecule has 0 radical (unpaired) electrons. The van der Waals surface area contributed by atoms with Gasteiger partial charge in [-0.05, 0) is 19.8 Å². The molecule has 2 rings (SSSR count). The highest BCUT2D eigenvalue weighted by molar-refractivity contribution is 6.08. The van der Waals surface area contributed by atoms with Crippen LogP contribution in [-0.2, 0) is 4.79 Å². The molecule has 0 heterocycles. The lowest BCUT2D eigenvalue weighted by Crippen LogP contribution is -2.20. The molecule has 96 valence electrons. The second-order valence-electron chi connectivity index (χ2n) is 5.27. The van der Waals surface area contributed by atoms with Crippen molar-refractivity contribution < 1.29 is 9.59 Å². The quantitative estimate of drug-likeness (QED) is 0.597. The molecule has 0 unspecified atom stereocenters. The molecule has 1 saturated carbocycles. The number of carbonyl (C=O) groups excluding carboxylic acids is 2. The summed E-state index contributed by atoms with van der Waals surface area (Å²) in [6.45, 7) is 1.99. The van der Waals surface area contributed by atoms with Crippen molar-refractivity contribution in [2.24, 2.45) is 5.92 Å². The summed E-state index contributed by atoms with van der Waals surface area (Å²) in [5, 5.41) is 0. The lowest BCUT2D eigenvalue weighted by molar-refractivity contribution is -0.122. The van der Waals surface area contributed by atoms with E-state index in [4.69, 9.17) is 0 Å². The minimum atomic E-state index is -0.0365. The van der Waals surface area contributed by atoms with E-state index in [9.17, 15) is 9.59 Å². The van der Waals surface area contributed by atoms with Gasteiger partial charge in [-0.3, -0.25) is 9.59 Å². The molecule has 1 fully saturated rings. The molecular formula is C16H20O2. The fourth-order valence-corrected chi connectivity index (χ4v) is 2.57. The second kappa shape index (κ2) is 5.94. The topological polar surface area (TPSA) is 34.1 Å². The highest BCUT2D eigenvalue weighted by Gasteiger charge is 2.23. The summed E-state index contributed by atoms with van der Waals surface area (Å²) >= 11 is 0. The first-order chi connectivity index (χ1) is 8.66. The Labute approximate surface area is 108 Å². The van der Waals surface area contributed by atoms with Crippen LogP contribution in [0.5, 0.6) is 0 Å². The van der Waals surface area contributed by atoms with Gasteiger partial charge in [0.05, 0.1) is 6.42 Å². The molecule has 0 aliphatic heterocycles. The van der Waals surface area contributed by atoms with Crippen molar-refractivity contribution in [2.75, 3.05) is 0 Å². The third kappa shape index (κ3) is 3.28. The van der Waals surface area contributed by atoms with Crippen molar-refractivity contribution >= 4 is 11.6 Å². The van der Waals surface area contributed by atoms with E-state index >= 15 is 0 Å². The first-order valence-corrected chi connectivity index (χ1v) is 6.79. The van der Waals surface area contributed by atoms with Crippen molar-refractivity contribution in [2.45, 2.75) is 45.4 Å². The monoisotopic (exact) mass is 244 g/mol. The Hall–Kier alpha value is -1.44. The van der Waals surface area contributed by atoms with Crippen LogP contribution in [0.15, 0.2) is 24.3 Å². The zero-order valence-electron chi connectivity index (χ0n) is 10.9. The fourth-order valence-electron chi connectivity index (χ4n) is 2.57. The van der Waals surface area contributed by atoms with E-state index < -0.39 is 0 Å². The van der Waals surface area contributed by atoms with Gasteiger partial charge in [0.25, 0.3) is 0 Å². The van der Waals surface area contributed by atoms with Gasteiger partial charge in [-0.2, -0.15) is 0 Å². The molecule has 0 amide bonds. The van der Waals surface area contributed by atoms with Gasteiger partial charge in [-0.1, -0.05) is 49.1 Å². The van der Waals surface area contributed by atoms with Gasteiger partial charge in [0.1, 0.15) is 5.78 Å². The zero-order chi connectivity index (χ0) is 13.0. The number of benzene rings is 1. The summed E-state index contributed by atoms with van der Waals surface area (Å²) in [7, 11) is 0. The van der Waals surface area contributed by atoms with Crippen molar-refractivity contribution in [1.29, 1.82) is 0 Å². The van der Waals surface area contributed by atoms with Gasteiger partial charge >= 0.3 is 0 Å². The number of carbonyl (C=O) groups is 2. The molecule has 1 aromatic carbocycles. The number of aryl methyl sites for hydroxylation is 1. The van der Waals surface area contributed by atoms with Crippen LogP contribution < -0.4 is 0 Å². The number of rotatable bonds is 4. The third-order valence-corrected chi connectivity index (χ3v) is 3.77.